The van der Waals surface area contributed by atoms with Crippen LogP contribution in [0.25, 0.3) is 0 Å². The summed E-state index contributed by atoms with van der Waals surface area (Å²) in [6, 6.07) is 9.90. The molecule has 0 unspecified atom stereocenters. The fourth-order valence-electron chi connectivity index (χ4n) is 2.39. The second kappa shape index (κ2) is 4.26. The van der Waals surface area contributed by atoms with Gasteiger partial charge in [0.05, 0.1) is 0 Å². The third-order valence-corrected chi connectivity index (χ3v) is 3.28. The number of hydrogen-bond acceptors (Lipinski definition) is 2. The van der Waals surface area contributed by atoms with Crippen molar-refractivity contribution in [1.82, 2.24) is 5.32 Å². The van der Waals surface area contributed by atoms with Crippen molar-refractivity contribution in [3.8, 4) is 0 Å². The topological polar surface area (TPSA) is 49.3 Å². The number of carboxylic acid groups (broad SMARTS) is 1. The third-order valence-electron chi connectivity index (χ3n) is 3.28. The molecule has 0 aromatic heterocycles. The molecule has 2 N–H and O–H groups in total. The Bertz CT molecular complexity index is 369. The summed E-state index contributed by atoms with van der Waals surface area (Å²) in [5, 5.41) is 12.4. The maximum absolute atomic E-state index is 11.2. The number of aliphatic carboxylic acids is 1. The summed E-state index contributed by atoms with van der Waals surface area (Å²) in [5.74, 6) is -0.207. The van der Waals surface area contributed by atoms with Crippen molar-refractivity contribution in [3.05, 3.63) is 35.9 Å². The molecule has 1 aliphatic carbocycles. The highest BCUT2D eigenvalue weighted by Gasteiger charge is 2.48. The predicted octanol–water partition coefficient (Wildman–Crippen LogP) is 2.03. The zero-order valence-corrected chi connectivity index (χ0v) is 9.44. The fourth-order valence-corrected chi connectivity index (χ4v) is 2.39. The Labute approximate surface area is 95.5 Å². The molecule has 0 spiro atoms. The second-order valence-electron chi connectivity index (χ2n) is 4.74. The van der Waals surface area contributed by atoms with Crippen LogP contribution in [0, 0.1) is 5.92 Å². The molecule has 16 heavy (non-hydrogen) atoms. The molecule has 0 bridgehead atoms. The number of nitrogens with one attached hydrogen (secondary N) is 1. The first-order valence-corrected chi connectivity index (χ1v) is 5.65. The zero-order chi connectivity index (χ0) is 11.6. The largest absolute Gasteiger partial charge is 0.480 e. The van der Waals surface area contributed by atoms with E-state index in [4.69, 9.17) is 0 Å². The van der Waals surface area contributed by atoms with Crippen LogP contribution in [0.5, 0.6) is 0 Å². The summed E-state index contributed by atoms with van der Waals surface area (Å²) in [6.45, 7) is 2.71. The molecular formula is C13H17NO2. The average molecular weight is 219 g/mol. The normalized spacial score (nSPS) is 28.4. The maximum Gasteiger partial charge on any atom is 0.323 e. The van der Waals surface area contributed by atoms with Crippen molar-refractivity contribution in [2.24, 2.45) is 5.92 Å². The van der Waals surface area contributed by atoms with Crippen LogP contribution < -0.4 is 5.32 Å². The van der Waals surface area contributed by atoms with Gasteiger partial charge in [0.15, 0.2) is 0 Å². The summed E-state index contributed by atoms with van der Waals surface area (Å²) >= 11 is 0. The summed E-state index contributed by atoms with van der Waals surface area (Å²) in [4.78, 5) is 11.2. The number of carboxylic acids is 1. The monoisotopic (exact) mass is 219 g/mol. The van der Waals surface area contributed by atoms with Crippen LogP contribution in [-0.4, -0.2) is 16.6 Å². The quantitative estimate of drug-likeness (QED) is 0.814. The van der Waals surface area contributed by atoms with Crippen molar-refractivity contribution >= 4 is 5.97 Å². The molecule has 3 heteroatoms. The Morgan fingerprint density at radius 1 is 1.44 bits per heavy atom. The van der Waals surface area contributed by atoms with Crippen LogP contribution in [-0.2, 0) is 11.3 Å². The van der Waals surface area contributed by atoms with E-state index in [9.17, 15) is 9.90 Å². The first-order valence-electron chi connectivity index (χ1n) is 5.65. The van der Waals surface area contributed by atoms with Gasteiger partial charge >= 0.3 is 5.97 Å². The predicted molar refractivity (Wildman–Crippen MR) is 62.0 cm³/mol. The molecule has 1 aromatic carbocycles. The number of benzene rings is 1. The number of hydrogen-bond donors (Lipinski definition) is 2. The maximum atomic E-state index is 11.2. The van der Waals surface area contributed by atoms with Gasteiger partial charge in [-0.1, -0.05) is 37.3 Å². The van der Waals surface area contributed by atoms with Crippen molar-refractivity contribution in [1.29, 1.82) is 0 Å². The lowest BCUT2D eigenvalue weighted by Crippen LogP contribution is -2.59. The van der Waals surface area contributed by atoms with E-state index in [2.05, 4.69) is 12.2 Å². The molecule has 0 amide bonds. The molecule has 3 nitrogen and oxygen atoms in total. The molecule has 1 fully saturated rings. The molecule has 0 atom stereocenters. The van der Waals surface area contributed by atoms with Crippen LogP contribution in [0.1, 0.15) is 25.3 Å². The molecule has 86 valence electrons. The minimum absolute atomic E-state index is 0.513. The van der Waals surface area contributed by atoms with Crippen LogP contribution in [0.3, 0.4) is 0 Å². The van der Waals surface area contributed by atoms with E-state index in [1.54, 1.807) is 0 Å². The molecule has 0 aliphatic heterocycles. The van der Waals surface area contributed by atoms with Crippen LogP contribution in [0.2, 0.25) is 0 Å². The van der Waals surface area contributed by atoms with E-state index in [0.717, 1.165) is 18.4 Å². The van der Waals surface area contributed by atoms with Crippen LogP contribution in [0.4, 0.5) is 0 Å². The number of carbonyl (C=O) groups is 1. The molecule has 1 aliphatic rings. The Kier molecular flexibility index (Phi) is 2.97. The van der Waals surface area contributed by atoms with Gasteiger partial charge in [0.25, 0.3) is 0 Å². The highest BCUT2D eigenvalue weighted by Crippen LogP contribution is 2.37. The SMILES string of the molecule is CC1CC(NCc2ccccc2)(C(=O)O)C1. The lowest BCUT2D eigenvalue weighted by molar-refractivity contribution is -0.151. The summed E-state index contributed by atoms with van der Waals surface area (Å²) < 4.78 is 0. The van der Waals surface area contributed by atoms with Crippen molar-refractivity contribution in [2.75, 3.05) is 0 Å². The van der Waals surface area contributed by atoms with Gasteiger partial charge in [-0.05, 0) is 24.3 Å². The molecule has 1 saturated carbocycles. The third kappa shape index (κ3) is 2.09. The Hall–Kier alpha value is -1.35. The molecular weight excluding hydrogens is 202 g/mol. The van der Waals surface area contributed by atoms with Gasteiger partial charge in [-0.2, -0.15) is 0 Å². The Morgan fingerprint density at radius 3 is 2.56 bits per heavy atom. The second-order valence-corrected chi connectivity index (χ2v) is 4.74. The zero-order valence-electron chi connectivity index (χ0n) is 9.44. The highest BCUT2D eigenvalue weighted by atomic mass is 16.4. The fraction of sp³-hybridized carbons (Fsp3) is 0.462. The van der Waals surface area contributed by atoms with Crippen molar-refractivity contribution in [3.63, 3.8) is 0 Å². The van der Waals surface area contributed by atoms with Crippen LogP contribution in [0.15, 0.2) is 30.3 Å². The van der Waals surface area contributed by atoms with E-state index in [1.807, 2.05) is 30.3 Å². The van der Waals surface area contributed by atoms with Gasteiger partial charge in [0, 0.05) is 6.54 Å². The lowest BCUT2D eigenvalue weighted by Gasteiger charge is -2.43. The first kappa shape index (κ1) is 11.1. The average Bonchev–Trinajstić information content (AvgIpc) is 2.23. The minimum Gasteiger partial charge on any atom is -0.480 e. The Morgan fingerprint density at radius 2 is 2.06 bits per heavy atom. The molecule has 1 aromatic rings. The minimum atomic E-state index is -0.721. The van der Waals surface area contributed by atoms with Crippen LogP contribution >= 0.6 is 0 Å². The van der Waals surface area contributed by atoms with Crippen molar-refractivity contribution < 1.29 is 9.90 Å². The van der Waals surface area contributed by atoms with Gasteiger partial charge in [-0.15, -0.1) is 0 Å². The van der Waals surface area contributed by atoms with Gasteiger partial charge in [-0.3, -0.25) is 10.1 Å². The van der Waals surface area contributed by atoms with E-state index < -0.39 is 11.5 Å². The molecule has 0 heterocycles. The van der Waals surface area contributed by atoms with Gasteiger partial charge in [0.2, 0.25) is 0 Å². The van der Waals surface area contributed by atoms with Gasteiger partial charge in [0.1, 0.15) is 5.54 Å². The summed E-state index contributed by atoms with van der Waals surface area (Å²) in [6.07, 6.45) is 1.46. The highest BCUT2D eigenvalue weighted by molar-refractivity contribution is 5.80. The summed E-state index contributed by atoms with van der Waals surface area (Å²) in [5.41, 5.74) is 0.442. The van der Waals surface area contributed by atoms with E-state index >= 15 is 0 Å². The molecule has 0 saturated heterocycles. The summed E-state index contributed by atoms with van der Waals surface area (Å²) in [7, 11) is 0. The first-order chi connectivity index (χ1) is 7.62. The van der Waals surface area contributed by atoms with Gasteiger partial charge in [-0.25, -0.2) is 0 Å². The van der Waals surface area contributed by atoms with E-state index in [1.165, 1.54) is 0 Å². The molecule has 0 radical (unpaired) electrons. The van der Waals surface area contributed by atoms with E-state index in [-0.39, 0.29) is 0 Å². The van der Waals surface area contributed by atoms with Crippen molar-refractivity contribution in [2.45, 2.75) is 31.8 Å². The Balaban J connectivity index is 1.96. The number of rotatable bonds is 4. The lowest BCUT2D eigenvalue weighted by atomic mass is 9.69. The van der Waals surface area contributed by atoms with Gasteiger partial charge < -0.3 is 5.11 Å². The molecule has 2 rings (SSSR count). The standard InChI is InChI=1S/C13H17NO2/c1-10-7-13(8-10,12(15)16)14-9-11-5-3-2-4-6-11/h2-6,10,14H,7-9H2,1H3,(H,15,16). The smallest absolute Gasteiger partial charge is 0.323 e. The van der Waals surface area contributed by atoms with E-state index in [0.29, 0.717) is 12.5 Å².